The summed E-state index contributed by atoms with van der Waals surface area (Å²) in [6.45, 7) is 6.65. The van der Waals surface area contributed by atoms with Gasteiger partial charge < -0.3 is 9.15 Å². The van der Waals surface area contributed by atoms with Gasteiger partial charge in [0.05, 0.1) is 5.39 Å². The maximum atomic E-state index is 13.3. The third-order valence-corrected chi connectivity index (χ3v) is 5.57. The Morgan fingerprint density at radius 1 is 0.903 bits per heavy atom. The highest BCUT2D eigenvalue weighted by atomic mass is 35.5. The van der Waals surface area contributed by atoms with Gasteiger partial charge in [0, 0.05) is 15.6 Å². The lowest BCUT2D eigenvalue weighted by Gasteiger charge is -2.19. The van der Waals surface area contributed by atoms with Crippen LogP contribution in [0.15, 0.2) is 75.9 Å². The van der Waals surface area contributed by atoms with Crippen LogP contribution in [-0.2, 0) is 12.0 Å². The van der Waals surface area contributed by atoms with Gasteiger partial charge in [0.25, 0.3) is 0 Å². The quantitative estimate of drug-likeness (QED) is 0.319. The molecule has 0 saturated heterocycles. The molecule has 0 radical (unpaired) electrons. The predicted octanol–water partition coefficient (Wildman–Crippen LogP) is 7.64. The van der Waals surface area contributed by atoms with Gasteiger partial charge in [0.2, 0.25) is 11.2 Å². The van der Waals surface area contributed by atoms with Crippen LogP contribution >= 0.6 is 23.2 Å². The molecular weight excluding hydrogens is 431 g/mol. The monoisotopic (exact) mass is 452 g/mol. The Balaban J connectivity index is 1.83. The van der Waals surface area contributed by atoms with E-state index in [1.807, 2.05) is 36.4 Å². The van der Waals surface area contributed by atoms with Gasteiger partial charge >= 0.3 is 0 Å². The Morgan fingerprint density at radius 3 is 2.29 bits per heavy atom. The van der Waals surface area contributed by atoms with Crippen LogP contribution in [0.3, 0.4) is 0 Å². The van der Waals surface area contributed by atoms with Crippen molar-refractivity contribution in [2.45, 2.75) is 32.8 Å². The van der Waals surface area contributed by atoms with Crippen LogP contribution in [0.4, 0.5) is 0 Å². The maximum Gasteiger partial charge on any atom is 0.235 e. The molecule has 0 amide bonds. The van der Waals surface area contributed by atoms with Crippen molar-refractivity contribution >= 4 is 34.2 Å². The van der Waals surface area contributed by atoms with Gasteiger partial charge in [-0.05, 0) is 46.9 Å². The number of hydrogen-bond acceptors (Lipinski definition) is 3. The van der Waals surface area contributed by atoms with Crippen molar-refractivity contribution in [3.63, 3.8) is 0 Å². The predicted molar refractivity (Wildman–Crippen MR) is 127 cm³/mol. The number of ether oxygens (including phenoxy) is 1. The molecule has 0 unspecified atom stereocenters. The average Bonchev–Trinajstić information content (AvgIpc) is 2.73. The summed E-state index contributed by atoms with van der Waals surface area (Å²) in [5, 5.41) is 1.45. The second kappa shape index (κ2) is 8.41. The molecule has 1 aromatic heterocycles. The van der Waals surface area contributed by atoms with Gasteiger partial charge in [-0.3, -0.25) is 4.79 Å². The molecule has 31 heavy (non-hydrogen) atoms. The first kappa shape index (κ1) is 21.5. The van der Waals surface area contributed by atoms with Crippen molar-refractivity contribution in [1.29, 1.82) is 0 Å². The molecule has 5 heteroatoms. The minimum absolute atomic E-state index is 0.0193. The molecule has 0 saturated carbocycles. The molecule has 0 aliphatic rings. The van der Waals surface area contributed by atoms with E-state index < -0.39 is 0 Å². The smallest absolute Gasteiger partial charge is 0.235 e. The molecule has 3 nitrogen and oxygen atoms in total. The van der Waals surface area contributed by atoms with E-state index in [1.54, 1.807) is 30.3 Å². The first-order chi connectivity index (χ1) is 14.7. The van der Waals surface area contributed by atoms with Crippen LogP contribution < -0.4 is 10.2 Å². The lowest BCUT2D eigenvalue weighted by molar-refractivity contribution is 0.298. The molecule has 0 N–H and O–H groups in total. The highest BCUT2D eigenvalue weighted by molar-refractivity contribution is 6.31. The first-order valence-electron chi connectivity index (χ1n) is 9.97. The maximum absolute atomic E-state index is 13.3. The van der Waals surface area contributed by atoms with Crippen LogP contribution in [0.1, 0.15) is 31.9 Å². The van der Waals surface area contributed by atoms with Gasteiger partial charge in [0.15, 0.2) is 5.76 Å². The van der Waals surface area contributed by atoms with Crippen molar-refractivity contribution in [3.8, 4) is 17.1 Å². The molecule has 3 aromatic carbocycles. The van der Waals surface area contributed by atoms with Crippen molar-refractivity contribution < 1.29 is 9.15 Å². The van der Waals surface area contributed by atoms with Crippen LogP contribution in [0, 0.1) is 0 Å². The van der Waals surface area contributed by atoms with Crippen LogP contribution in [0.5, 0.6) is 5.75 Å². The summed E-state index contributed by atoms with van der Waals surface area (Å²) >= 11 is 12.2. The molecule has 0 fully saturated rings. The van der Waals surface area contributed by atoms with Gasteiger partial charge in [-0.2, -0.15) is 0 Å². The summed E-state index contributed by atoms with van der Waals surface area (Å²) in [4.78, 5) is 13.3. The van der Waals surface area contributed by atoms with E-state index in [1.165, 1.54) is 5.56 Å². The molecule has 0 aliphatic heterocycles. The van der Waals surface area contributed by atoms with Crippen molar-refractivity contribution in [1.82, 2.24) is 0 Å². The average molecular weight is 453 g/mol. The van der Waals surface area contributed by atoms with E-state index in [0.29, 0.717) is 26.8 Å². The third kappa shape index (κ3) is 4.63. The molecule has 0 bridgehead atoms. The zero-order valence-electron chi connectivity index (χ0n) is 17.5. The first-order valence-corrected chi connectivity index (χ1v) is 10.7. The fraction of sp³-hybridized carbons (Fsp3) is 0.192. The topological polar surface area (TPSA) is 39.4 Å². The molecule has 1 heterocycles. The summed E-state index contributed by atoms with van der Waals surface area (Å²) in [5.74, 6) is 0.542. The molecule has 4 rings (SSSR count). The second-order valence-electron chi connectivity index (χ2n) is 8.48. The summed E-state index contributed by atoms with van der Waals surface area (Å²) < 4.78 is 12.1. The summed E-state index contributed by atoms with van der Waals surface area (Å²) in [7, 11) is 0. The fourth-order valence-electron chi connectivity index (χ4n) is 3.38. The number of benzene rings is 3. The molecule has 158 valence electrons. The molecule has 0 aliphatic carbocycles. The zero-order valence-corrected chi connectivity index (χ0v) is 19.1. The number of rotatable bonds is 4. The van der Waals surface area contributed by atoms with E-state index in [-0.39, 0.29) is 23.2 Å². The highest BCUT2D eigenvalue weighted by Gasteiger charge is 2.20. The Kier molecular flexibility index (Phi) is 5.83. The molecular formula is C26H22Cl2O3. The fourth-order valence-corrected chi connectivity index (χ4v) is 3.76. The van der Waals surface area contributed by atoms with E-state index in [9.17, 15) is 4.79 Å². The van der Waals surface area contributed by atoms with Gasteiger partial charge in [-0.1, -0.05) is 80.4 Å². The lowest BCUT2D eigenvalue weighted by atomic mass is 9.86. The normalized spacial score (nSPS) is 11.6. The SMILES string of the molecule is CC(C)(C)c1ccc(-c2oc3ccc(Cl)cc3c(=O)c2OCc2cccc(Cl)c2)cc1. The number of hydrogen-bond donors (Lipinski definition) is 0. The minimum atomic E-state index is -0.263. The van der Waals surface area contributed by atoms with Crippen molar-refractivity contribution in [3.05, 3.63) is 98.1 Å². The van der Waals surface area contributed by atoms with E-state index in [4.69, 9.17) is 32.4 Å². The number of fused-ring (bicyclic) bond motifs is 1. The van der Waals surface area contributed by atoms with Crippen molar-refractivity contribution in [2.24, 2.45) is 0 Å². The number of halogens is 2. The van der Waals surface area contributed by atoms with E-state index in [0.717, 1.165) is 11.1 Å². The standard InChI is InChI=1S/C26H22Cl2O3/c1-26(2,3)18-9-7-17(8-10-18)24-25(30-15-16-5-4-6-19(27)13-16)23(29)21-14-20(28)11-12-22(21)31-24/h4-14H,15H2,1-3H3. The summed E-state index contributed by atoms with van der Waals surface area (Å²) in [6.07, 6.45) is 0. The Labute approximate surface area is 191 Å². The second-order valence-corrected chi connectivity index (χ2v) is 9.35. The third-order valence-electron chi connectivity index (χ3n) is 5.10. The van der Waals surface area contributed by atoms with Gasteiger partial charge in [-0.25, -0.2) is 0 Å². The Hall–Kier alpha value is -2.75. The Bertz CT molecular complexity index is 1300. The largest absolute Gasteiger partial charge is 0.481 e. The van der Waals surface area contributed by atoms with Crippen molar-refractivity contribution in [2.75, 3.05) is 0 Å². The Morgan fingerprint density at radius 2 is 1.61 bits per heavy atom. The molecule has 4 aromatic rings. The molecule has 0 atom stereocenters. The van der Waals surface area contributed by atoms with Crippen LogP contribution in [0.25, 0.3) is 22.3 Å². The van der Waals surface area contributed by atoms with Crippen LogP contribution in [-0.4, -0.2) is 0 Å². The summed E-state index contributed by atoms with van der Waals surface area (Å²) in [5.41, 5.74) is 3.02. The zero-order chi connectivity index (χ0) is 22.2. The van der Waals surface area contributed by atoms with Gasteiger partial charge in [0.1, 0.15) is 12.2 Å². The van der Waals surface area contributed by atoms with E-state index >= 15 is 0 Å². The minimum Gasteiger partial charge on any atom is -0.481 e. The summed E-state index contributed by atoms with van der Waals surface area (Å²) in [6, 6.07) is 20.3. The highest BCUT2D eigenvalue weighted by Crippen LogP contribution is 2.34. The van der Waals surface area contributed by atoms with Gasteiger partial charge in [-0.15, -0.1) is 0 Å². The van der Waals surface area contributed by atoms with Crippen LogP contribution in [0.2, 0.25) is 10.0 Å². The molecule has 0 spiro atoms. The lowest BCUT2D eigenvalue weighted by Crippen LogP contribution is -2.11. The van der Waals surface area contributed by atoms with E-state index in [2.05, 4.69) is 20.8 Å².